The van der Waals surface area contributed by atoms with E-state index < -0.39 is 0 Å². The van der Waals surface area contributed by atoms with Crippen molar-refractivity contribution in [2.75, 3.05) is 31.1 Å². The number of carbonyl (C=O) groups excluding carboxylic acids is 1. The Labute approximate surface area is 147 Å². The summed E-state index contributed by atoms with van der Waals surface area (Å²) >= 11 is 0. The first kappa shape index (κ1) is 16.1. The van der Waals surface area contributed by atoms with E-state index in [4.69, 9.17) is 0 Å². The number of anilines is 1. The molecule has 1 fully saturated rings. The molecule has 0 saturated carbocycles. The SMILES string of the molecule is O=C(CCc1n[nH]c2c1CCCC2)N1CCN(c2cnccn2)CC1. The Hall–Kier alpha value is -2.44. The Morgan fingerprint density at radius 1 is 1.12 bits per heavy atom. The van der Waals surface area contributed by atoms with Gasteiger partial charge in [0.25, 0.3) is 0 Å². The number of piperazine rings is 1. The predicted molar refractivity (Wildman–Crippen MR) is 94.4 cm³/mol. The summed E-state index contributed by atoms with van der Waals surface area (Å²) in [7, 11) is 0. The molecule has 4 rings (SSSR count). The number of hydrogen-bond donors (Lipinski definition) is 1. The lowest BCUT2D eigenvalue weighted by Gasteiger charge is -2.35. The van der Waals surface area contributed by atoms with Crippen LogP contribution in [0.4, 0.5) is 5.82 Å². The lowest BCUT2D eigenvalue weighted by atomic mass is 9.94. The zero-order valence-corrected chi connectivity index (χ0v) is 14.4. The number of hydrogen-bond acceptors (Lipinski definition) is 5. The molecule has 0 unspecified atom stereocenters. The predicted octanol–water partition coefficient (Wildman–Crippen LogP) is 1.36. The van der Waals surface area contributed by atoms with Gasteiger partial charge in [0.05, 0.1) is 11.9 Å². The van der Waals surface area contributed by atoms with Gasteiger partial charge < -0.3 is 9.80 Å². The van der Waals surface area contributed by atoms with E-state index in [-0.39, 0.29) is 5.91 Å². The number of H-pyrrole nitrogens is 1. The molecule has 7 nitrogen and oxygen atoms in total. The van der Waals surface area contributed by atoms with Gasteiger partial charge in [-0.15, -0.1) is 0 Å². The van der Waals surface area contributed by atoms with Crippen LogP contribution in [0, 0.1) is 0 Å². The van der Waals surface area contributed by atoms with Gasteiger partial charge in [0.15, 0.2) is 0 Å². The van der Waals surface area contributed by atoms with Crippen LogP contribution in [0.25, 0.3) is 0 Å². The summed E-state index contributed by atoms with van der Waals surface area (Å²) in [4.78, 5) is 25.1. The molecule has 1 saturated heterocycles. The van der Waals surface area contributed by atoms with Gasteiger partial charge in [0, 0.05) is 57.1 Å². The molecule has 1 amide bonds. The zero-order valence-electron chi connectivity index (χ0n) is 14.4. The monoisotopic (exact) mass is 340 g/mol. The Morgan fingerprint density at radius 2 is 1.96 bits per heavy atom. The van der Waals surface area contributed by atoms with Crippen molar-refractivity contribution < 1.29 is 4.79 Å². The number of aromatic amines is 1. The highest BCUT2D eigenvalue weighted by Crippen LogP contribution is 2.23. The fourth-order valence-electron chi connectivity index (χ4n) is 3.78. The number of aryl methyl sites for hydroxylation is 2. The highest BCUT2D eigenvalue weighted by Gasteiger charge is 2.23. The molecular weight excluding hydrogens is 316 g/mol. The first-order valence-electron chi connectivity index (χ1n) is 9.15. The van der Waals surface area contributed by atoms with Crippen LogP contribution >= 0.6 is 0 Å². The average Bonchev–Trinajstić information content (AvgIpc) is 3.10. The summed E-state index contributed by atoms with van der Waals surface area (Å²) < 4.78 is 0. The topological polar surface area (TPSA) is 78.0 Å². The molecule has 2 aromatic heterocycles. The molecule has 1 aliphatic carbocycles. The largest absolute Gasteiger partial charge is 0.352 e. The van der Waals surface area contributed by atoms with Crippen LogP contribution in [0.5, 0.6) is 0 Å². The van der Waals surface area contributed by atoms with Crippen LogP contribution in [0.3, 0.4) is 0 Å². The molecule has 3 heterocycles. The Kier molecular flexibility index (Phi) is 4.63. The van der Waals surface area contributed by atoms with Crippen LogP contribution in [0.1, 0.15) is 36.2 Å². The van der Waals surface area contributed by atoms with Gasteiger partial charge in [0.1, 0.15) is 5.82 Å². The third kappa shape index (κ3) is 3.50. The summed E-state index contributed by atoms with van der Waals surface area (Å²) in [5.74, 6) is 1.11. The molecule has 0 radical (unpaired) electrons. The van der Waals surface area contributed by atoms with Crippen LogP contribution in [0.2, 0.25) is 0 Å². The second kappa shape index (κ2) is 7.21. The minimum Gasteiger partial charge on any atom is -0.352 e. The van der Waals surface area contributed by atoms with Gasteiger partial charge in [-0.1, -0.05) is 0 Å². The van der Waals surface area contributed by atoms with Crippen molar-refractivity contribution in [3.63, 3.8) is 0 Å². The smallest absolute Gasteiger partial charge is 0.223 e. The van der Waals surface area contributed by atoms with Crippen molar-refractivity contribution in [2.24, 2.45) is 0 Å². The quantitative estimate of drug-likeness (QED) is 0.909. The molecule has 0 aromatic carbocycles. The summed E-state index contributed by atoms with van der Waals surface area (Å²) in [6, 6.07) is 0. The molecule has 0 spiro atoms. The maximum atomic E-state index is 12.5. The molecule has 1 aliphatic heterocycles. The van der Waals surface area contributed by atoms with E-state index in [1.807, 2.05) is 4.90 Å². The standard InChI is InChI=1S/C18H24N6O/c25-18(6-5-16-14-3-1-2-4-15(14)21-22-16)24-11-9-23(10-12-24)17-13-19-7-8-20-17/h7-8,13H,1-6,9-12H2,(H,21,22). The Morgan fingerprint density at radius 3 is 2.76 bits per heavy atom. The van der Waals surface area contributed by atoms with Crippen molar-refractivity contribution in [3.8, 4) is 0 Å². The molecule has 132 valence electrons. The number of amides is 1. The van der Waals surface area contributed by atoms with Crippen LogP contribution in [0.15, 0.2) is 18.6 Å². The second-order valence-electron chi connectivity index (χ2n) is 6.77. The maximum Gasteiger partial charge on any atom is 0.223 e. The number of rotatable bonds is 4. The maximum absolute atomic E-state index is 12.5. The van der Waals surface area contributed by atoms with Crippen molar-refractivity contribution in [3.05, 3.63) is 35.5 Å². The van der Waals surface area contributed by atoms with E-state index in [2.05, 4.69) is 25.1 Å². The molecule has 0 atom stereocenters. The molecule has 7 heteroatoms. The third-order valence-electron chi connectivity index (χ3n) is 5.22. The van der Waals surface area contributed by atoms with E-state index in [9.17, 15) is 4.79 Å². The lowest BCUT2D eigenvalue weighted by molar-refractivity contribution is -0.131. The van der Waals surface area contributed by atoms with Crippen LogP contribution in [-0.4, -0.2) is 57.2 Å². The highest BCUT2D eigenvalue weighted by atomic mass is 16.2. The van der Waals surface area contributed by atoms with Crippen molar-refractivity contribution >= 4 is 11.7 Å². The fraction of sp³-hybridized carbons (Fsp3) is 0.556. The molecular formula is C18H24N6O. The minimum absolute atomic E-state index is 0.228. The Balaban J connectivity index is 1.29. The second-order valence-corrected chi connectivity index (χ2v) is 6.77. The van der Waals surface area contributed by atoms with E-state index >= 15 is 0 Å². The summed E-state index contributed by atoms with van der Waals surface area (Å²) in [6.07, 6.45) is 11.1. The first-order chi connectivity index (χ1) is 12.3. The molecule has 2 aliphatic rings. The third-order valence-corrected chi connectivity index (χ3v) is 5.22. The number of fused-ring (bicyclic) bond motifs is 1. The van der Waals surface area contributed by atoms with E-state index in [0.717, 1.165) is 57.0 Å². The number of nitrogens with zero attached hydrogens (tertiary/aromatic N) is 5. The number of carbonyl (C=O) groups is 1. The van der Waals surface area contributed by atoms with Gasteiger partial charge in [-0.2, -0.15) is 5.10 Å². The molecule has 1 N–H and O–H groups in total. The zero-order chi connectivity index (χ0) is 17.1. The summed E-state index contributed by atoms with van der Waals surface area (Å²) in [5.41, 5.74) is 3.75. The molecule has 2 aromatic rings. The summed E-state index contributed by atoms with van der Waals surface area (Å²) in [6.45, 7) is 3.10. The van der Waals surface area contributed by atoms with E-state index in [0.29, 0.717) is 6.42 Å². The van der Waals surface area contributed by atoms with Crippen molar-refractivity contribution in [1.29, 1.82) is 0 Å². The first-order valence-corrected chi connectivity index (χ1v) is 9.15. The van der Waals surface area contributed by atoms with Crippen LogP contribution in [-0.2, 0) is 24.1 Å². The molecule has 25 heavy (non-hydrogen) atoms. The highest BCUT2D eigenvalue weighted by molar-refractivity contribution is 5.76. The van der Waals surface area contributed by atoms with Crippen molar-refractivity contribution in [2.45, 2.75) is 38.5 Å². The average molecular weight is 340 g/mol. The van der Waals surface area contributed by atoms with Gasteiger partial charge >= 0.3 is 0 Å². The summed E-state index contributed by atoms with van der Waals surface area (Å²) in [5, 5.41) is 7.61. The van der Waals surface area contributed by atoms with Crippen molar-refractivity contribution in [1.82, 2.24) is 25.1 Å². The minimum atomic E-state index is 0.228. The lowest BCUT2D eigenvalue weighted by Crippen LogP contribution is -2.49. The van der Waals surface area contributed by atoms with Gasteiger partial charge in [-0.3, -0.25) is 14.9 Å². The van der Waals surface area contributed by atoms with Crippen LogP contribution < -0.4 is 4.90 Å². The number of nitrogens with one attached hydrogen (secondary N) is 1. The Bertz CT molecular complexity index is 720. The van der Waals surface area contributed by atoms with Gasteiger partial charge in [0.2, 0.25) is 5.91 Å². The van der Waals surface area contributed by atoms with Gasteiger partial charge in [-0.25, -0.2) is 4.98 Å². The van der Waals surface area contributed by atoms with E-state index in [1.54, 1.807) is 18.6 Å². The normalized spacial score (nSPS) is 17.4. The fourth-order valence-corrected chi connectivity index (χ4v) is 3.78. The van der Waals surface area contributed by atoms with Gasteiger partial charge in [-0.05, 0) is 31.2 Å². The molecule has 0 bridgehead atoms. The number of aromatic nitrogens is 4. The van der Waals surface area contributed by atoms with E-state index in [1.165, 1.54) is 24.1 Å².